The summed E-state index contributed by atoms with van der Waals surface area (Å²) in [5.41, 5.74) is 1.00. The Hall–Kier alpha value is -3.14. The van der Waals surface area contributed by atoms with Crippen LogP contribution in [0.3, 0.4) is 0 Å². The Morgan fingerprint density at radius 2 is 2.18 bits per heavy atom. The molecule has 3 aromatic rings. The number of likely N-dealkylation sites (tertiary alicyclic amines) is 1. The molecule has 0 aliphatic carbocycles. The summed E-state index contributed by atoms with van der Waals surface area (Å²) in [5.74, 6) is 1.22. The number of ether oxygens (including phenoxy) is 1. The van der Waals surface area contributed by atoms with Gasteiger partial charge in [0.15, 0.2) is 11.5 Å². The van der Waals surface area contributed by atoms with E-state index in [1.807, 2.05) is 43.5 Å². The van der Waals surface area contributed by atoms with Gasteiger partial charge in [-0.05, 0) is 45.6 Å². The largest absolute Gasteiger partial charge is 0.444 e. The molecule has 0 spiro atoms. The molecule has 0 aromatic carbocycles. The predicted molar refractivity (Wildman–Crippen MR) is 127 cm³/mol. The van der Waals surface area contributed by atoms with Crippen molar-refractivity contribution in [2.45, 2.75) is 52.2 Å². The highest BCUT2D eigenvalue weighted by Gasteiger charge is 2.33. The lowest BCUT2D eigenvalue weighted by Crippen LogP contribution is -2.49. The molecule has 0 bridgehead atoms. The highest BCUT2D eigenvalue weighted by Crippen LogP contribution is 2.28. The fourth-order valence-corrected chi connectivity index (χ4v) is 4.00. The van der Waals surface area contributed by atoms with Crippen LogP contribution in [-0.4, -0.2) is 60.3 Å². The molecule has 2 N–H and O–H groups in total. The first-order valence-corrected chi connectivity index (χ1v) is 11.4. The number of fused-ring (bicyclic) bond motifs is 1. The second kappa shape index (κ2) is 9.38. The van der Waals surface area contributed by atoms with Crippen molar-refractivity contribution in [1.29, 1.82) is 0 Å². The van der Waals surface area contributed by atoms with Crippen LogP contribution in [0.25, 0.3) is 5.65 Å². The average Bonchev–Trinajstić information content (AvgIpc) is 3.23. The van der Waals surface area contributed by atoms with Gasteiger partial charge in [-0.3, -0.25) is 4.40 Å². The number of carbonyl (C=O) groups excluding carboxylic acids is 1. The second-order valence-electron chi connectivity index (χ2n) is 9.16. The van der Waals surface area contributed by atoms with E-state index in [1.165, 1.54) is 0 Å². The van der Waals surface area contributed by atoms with Gasteiger partial charge in [-0.1, -0.05) is 18.5 Å². The SMILES string of the molecule is CCC1CN(C(=O)OC(C)(C)C)CCC1Nc1nc(Nc2ccn3cnnc3c2)ncc1Cl. The molecule has 10 nitrogen and oxygen atoms in total. The molecule has 1 aliphatic heterocycles. The van der Waals surface area contributed by atoms with Gasteiger partial charge in [0, 0.05) is 37.1 Å². The third-order valence-corrected chi connectivity index (χ3v) is 5.81. The molecule has 33 heavy (non-hydrogen) atoms. The van der Waals surface area contributed by atoms with Gasteiger partial charge < -0.3 is 20.3 Å². The Labute approximate surface area is 197 Å². The van der Waals surface area contributed by atoms with Crippen LogP contribution in [0, 0.1) is 5.92 Å². The molecule has 1 saturated heterocycles. The minimum atomic E-state index is -0.510. The maximum Gasteiger partial charge on any atom is 0.410 e. The maximum absolute atomic E-state index is 12.5. The zero-order chi connectivity index (χ0) is 23.6. The molecule has 1 fully saturated rings. The third kappa shape index (κ3) is 5.62. The number of hydrogen-bond acceptors (Lipinski definition) is 8. The molecular formula is C22H29ClN8O2. The number of piperidine rings is 1. The first-order chi connectivity index (χ1) is 15.7. The number of halogens is 1. The van der Waals surface area contributed by atoms with Gasteiger partial charge in [0.1, 0.15) is 17.0 Å². The average molecular weight is 473 g/mol. The van der Waals surface area contributed by atoms with E-state index in [1.54, 1.807) is 17.4 Å². The van der Waals surface area contributed by atoms with Crippen molar-refractivity contribution in [2.24, 2.45) is 5.92 Å². The summed E-state index contributed by atoms with van der Waals surface area (Å²) in [6.07, 6.45) is 6.48. The van der Waals surface area contributed by atoms with E-state index in [2.05, 4.69) is 37.7 Å². The Balaban J connectivity index is 1.44. The number of anilines is 3. The fraction of sp³-hybridized carbons (Fsp3) is 0.500. The number of amides is 1. The summed E-state index contributed by atoms with van der Waals surface area (Å²) < 4.78 is 7.36. The molecule has 1 amide bonds. The van der Waals surface area contributed by atoms with Crippen LogP contribution in [0.1, 0.15) is 40.5 Å². The summed E-state index contributed by atoms with van der Waals surface area (Å²) in [4.78, 5) is 23.2. The van der Waals surface area contributed by atoms with Crippen molar-refractivity contribution in [3.05, 3.63) is 35.9 Å². The van der Waals surface area contributed by atoms with E-state index >= 15 is 0 Å². The third-order valence-electron chi connectivity index (χ3n) is 5.53. The number of nitrogens with one attached hydrogen (secondary N) is 2. The van der Waals surface area contributed by atoms with Crippen LogP contribution in [-0.2, 0) is 4.74 Å². The summed E-state index contributed by atoms with van der Waals surface area (Å²) in [5, 5.41) is 15.0. The topological polar surface area (TPSA) is 110 Å². The Morgan fingerprint density at radius 3 is 2.94 bits per heavy atom. The number of aromatic nitrogens is 5. The predicted octanol–water partition coefficient (Wildman–Crippen LogP) is 4.36. The molecule has 2 unspecified atom stereocenters. The first kappa shape index (κ1) is 23.0. The van der Waals surface area contributed by atoms with Crippen LogP contribution >= 0.6 is 11.6 Å². The van der Waals surface area contributed by atoms with E-state index in [9.17, 15) is 4.79 Å². The van der Waals surface area contributed by atoms with Crippen molar-refractivity contribution in [2.75, 3.05) is 23.7 Å². The fourth-order valence-electron chi connectivity index (χ4n) is 3.86. The van der Waals surface area contributed by atoms with Gasteiger partial charge in [-0.15, -0.1) is 10.2 Å². The number of carbonyl (C=O) groups is 1. The van der Waals surface area contributed by atoms with E-state index in [0.29, 0.717) is 29.9 Å². The minimum Gasteiger partial charge on any atom is -0.444 e. The number of hydrogen-bond donors (Lipinski definition) is 2. The quantitative estimate of drug-likeness (QED) is 0.563. The van der Waals surface area contributed by atoms with Crippen molar-refractivity contribution in [3.8, 4) is 0 Å². The van der Waals surface area contributed by atoms with Crippen molar-refractivity contribution in [3.63, 3.8) is 0 Å². The molecule has 0 saturated carbocycles. The molecule has 3 aromatic heterocycles. The van der Waals surface area contributed by atoms with Crippen LogP contribution in [0.4, 0.5) is 22.2 Å². The van der Waals surface area contributed by atoms with Gasteiger partial charge in [-0.25, -0.2) is 9.78 Å². The summed E-state index contributed by atoms with van der Waals surface area (Å²) in [6, 6.07) is 3.87. The number of nitrogens with zero attached hydrogens (tertiary/aromatic N) is 6. The lowest BCUT2D eigenvalue weighted by atomic mass is 9.90. The van der Waals surface area contributed by atoms with Crippen molar-refractivity contribution >= 4 is 40.8 Å². The molecule has 4 heterocycles. The standard InChI is InChI=1S/C22H29ClN8O2/c1-5-14-12-30(21(32)33-22(2,3)4)9-7-17(14)27-19-16(23)11-24-20(28-19)26-15-6-8-31-13-25-29-18(31)10-15/h6,8,10-11,13-14,17H,5,7,9,12H2,1-4H3,(H2,24,26,27,28). The van der Waals surface area contributed by atoms with Gasteiger partial charge in [-0.2, -0.15) is 4.98 Å². The monoisotopic (exact) mass is 472 g/mol. The molecule has 4 rings (SSSR count). The minimum absolute atomic E-state index is 0.126. The van der Waals surface area contributed by atoms with E-state index in [-0.39, 0.29) is 18.1 Å². The second-order valence-corrected chi connectivity index (χ2v) is 9.57. The molecule has 0 radical (unpaired) electrons. The van der Waals surface area contributed by atoms with Gasteiger partial charge >= 0.3 is 6.09 Å². The smallest absolute Gasteiger partial charge is 0.410 e. The van der Waals surface area contributed by atoms with Crippen LogP contribution in [0.5, 0.6) is 0 Å². The summed E-state index contributed by atoms with van der Waals surface area (Å²) >= 11 is 6.40. The van der Waals surface area contributed by atoms with Gasteiger partial charge in [0.25, 0.3) is 0 Å². The summed E-state index contributed by atoms with van der Waals surface area (Å²) in [6.45, 7) is 8.98. The normalized spacial score (nSPS) is 18.9. The highest BCUT2D eigenvalue weighted by molar-refractivity contribution is 6.32. The highest BCUT2D eigenvalue weighted by atomic mass is 35.5. The first-order valence-electron chi connectivity index (χ1n) is 11.1. The van der Waals surface area contributed by atoms with Gasteiger partial charge in [0.2, 0.25) is 5.95 Å². The lowest BCUT2D eigenvalue weighted by Gasteiger charge is -2.39. The van der Waals surface area contributed by atoms with Gasteiger partial charge in [0.05, 0.1) is 6.20 Å². The Kier molecular flexibility index (Phi) is 6.55. The van der Waals surface area contributed by atoms with Crippen LogP contribution in [0.15, 0.2) is 30.9 Å². The van der Waals surface area contributed by atoms with Crippen LogP contribution in [0.2, 0.25) is 5.02 Å². The Morgan fingerprint density at radius 1 is 1.36 bits per heavy atom. The van der Waals surface area contributed by atoms with Crippen LogP contribution < -0.4 is 10.6 Å². The lowest BCUT2D eigenvalue weighted by molar-refractivity contribution is 0.0153. The Bertz CT molecular complexity index is 1130. The zero-order valence-corrected chi connectivity index (χ0v) is 20.0. The molecule has 1 aliphatic rings. The maximum atomic E-state index is 12.5. The number of rotatable bonds is 5. The molecule has 11 heteroatoms. The van der Waals surface area contributed by atoms with Crippen molar-refractivity contribution in [1.82, 2.24) is 29.5 Å². The van der Waals surface area contributed by atoms with E-state index in [0.717, 1.165) is 24.2 Å². The summed E-state index contributed by atoms with van der Waals surface area (Å²) in [7, 11) is 0. The number of pyridine rings is 1. The zero-order valence-electron chi connectivity index (χ0n) is 19.2. The molecular weight excluding hydrogens is 444 g/mol. The molecule has 2 atom stereocenters. The van der Waals surface area contributed by atoms with E-state index < -0.39 is 5.60 Å². The van der Waals surface area contributed by atoms with E-state index in [4.69, 9.17) is 16.3 Å². The molecule has 176 valence electrons. The van der Waals surface area contributed by atoms with Crippen molar-refractivity contribution < 1.29 is 9.53 Å².